The number of nitrogens with two attached hydrogens (primary N) is 1. The van der Waals surface area contributed by atoms with Crippen molar-refractivity contribution in [1.29, 1.82) is 0 Å². The molecule has 0 atom stereocenters. The fraction of sp³-hybridized carbons (Fsp3) is 0.538. The third-order valence-electron chi connectivity index (χ3n) is 2.70. The first kappa shape index (κ1) is 14.8. The second-order valence-electron chi connectivity index (χ2n) is 4.34. The molecule has 0 aliphatic rings. The number of hydrogen-bond donors (Lipinski definition) is 1. The van der Waals surface area contributed by atoms with Crippen molar-refractivity contribution < 1.29 is 13.2 Å². The molecule has 1 aromatic rings. The van der Waals surface area contributed by atoms with Crippen molar-refractivity contribution in [1.82, 2.24) is 4.90 Å². The zero-order valence-electron chi connectivity index (χ0n) is 10.5. The second kappa shape index (κ2) is 6.64. The first-order valence-electron chi connectivity index (χ1n) is 6.05. The van der Waals surface area contributed by atoms with Crippen LogP contribution in [-0.4, -0.2) is 30.7 Å². The van der Waals surface area contributed by atoms with Crippen LogP contribution in [0.1, 0.15) is 18.9 Å². The number of nitrogen functional groups attached to an aromatic ring is 1. The standard InChI is InChI=1S/C13H19F3N2/c1-2-8-18(10-13(14,15)16)9-7-11-5-3-4-6-12(11)17/h3-6H,2,7-10,17H2,1H3. The van der Waals surface area contributed by atoms with E-state index in [0.29, 0.717) is 31.6 Å². The normalized spacial score (nSPS) is 12.1. The van der Waals surface area contributed by atoms with Gasteiger partial charge in [-0.25, -0.2) is 0 Å². The molecule has 0 aliphatic carbocycles. The maximum absolute atomic E-state index is 12.4. The molecule has 0 saturated heterocycles. The monoisotopic (exact) mass is 260 g/mol. The Labute approximate surface area is 106 Å². The lowest BCUT2D eigenvalue weighted by atomic mass is 10.1. The van der Waals surface area contributed by atoms with Gasteiger partial charge in [0.05, 0.1) is 6.54 Å². The number of halogens is 3. The molecule has 102 valence electrons. The van der Waals surface area contributed by atoms with E-state index in [1.165, 1.54) is 4.90 Å². The lowest BCUT2D eigenvalue weighted by Crippen LogP contribution is -2.36. The van der Waals surface area contributed by atoms with E-state index < -0.39 is 12.7 Å². The number of hydrogen-bond acceptors (Lipinski definition) is 2. The molecule has 0 saturated carbocycles. The summed E-state index contributed by atoms with van der Waals surface area (Å²) in [5, 5.41) is 0. The Hall–Kier alpha value is -1.23. The Morgan fingerprint density at radius 1 is 1.17 bits per heavy atom. The van der Waals surface area contributed by atoms with E-state index >= 15 is 0 Å². The predicted molar refractivity (Wildman–Crippen MR) is 67.3 cm³/mol. The average Bonchev–Trinajstić information content (AvgIpc) is 2.26. The van der Waals surface area contributed by atoms with Crippen LogP contribution in [0.4, 0.5) is 18.9 Å². The zero-order valence-corrected chi connectivity index (χ0v) is 10.5. The molecule has 0 amide bonds. The summed E-state index contributed by atoms with van der Waals surface area (Å²) in [5.74, 6) is 0. The van der Waals surface area contributed by atoms with Crippen LogP contribution >= 0.6 is 0 Å². The summed E-state index contributed by atoms with van der Waals surface area (Å²) in [6.07, 6.45) is -2.89. The van der Waals surface area contributed by atoms with Crippen LogP contribution < -0.4 is 5.73 Å². The first-order valence-corrected chi connectivity index (χ1v) is 6.05. The molecule has 1 rings (SSSR count). The molecule has 0 aliphatic heterocycles. The van der Waals surface area contributed by atoms with E-state index in [1.54, 1.807) is 6.07 Å². The van der Waals surface area contributed by atoms with Gasteiger partial charge in [-0.2, -0.15) is 13.2 Å². The van der Waals surface area contributed by atoms with Crippen molar-refractivity contribution in [3.8, 4) is 0 Å². The summed E-state index contributed by atoms with van der Waals surface area (Å²) < 4.78 is 37.1. The predicted octanol–water partition coefficient (Wildman–Crippen LogP) is 3.09. The van der Waals surface area contributed by atoms with Crippen molar-refractivity contribution in [2.45, 2.75) is 25.9 Å². The molecule has 2 nitrogen and oxygen atoms in total. The highest BCUT2D eigenvalue weighted by Gasteiger charge is 2.30. The van der Waals surface area contributed by atoms with Crippen LogP contribution in [0.15, 0.2) is 24.3 Å². The molecule has 0 spiro atoms. The van der Waals surface area contributed by atoms with Gasteiger partial charge in [0.2, 0.25) is 0 Å². The van der Waals surface area contributed by atoms with Gasteiger partial charge in [0.15, 0.2) is 0 Å². The number of rotatable bonds is 6. The minimum atomic E-state index is -4.14. The van der Waals surface area contributed by atoms with Crippen LogP contribution in [0, 0.1) is 0 Å². The van der Waals surface area contributed by atoms with Crippen LogP contribution in [0.25, 0.3) is 0 Å². The van der Waals surface area contributed by atoms with Gasteiger partial charge in [0.25, 0.3) is 0 Å². The number of benzene rings is 1. The summed E-state index contributed by atoms with van der Waals surface area (Å²) in [6.45, 7) is 1.85. The van der Waals surface area contributed by atoms with E-state index in [2.05, 4.69) is 0 Å². The van der Waals surface area contributed by atoms with Crippen molar-refractivity contribution in [2.75, 3.05) is 25.4 Å². The largest absolute Gasteiger partial charge is 0.401 e. The van der Waals surface area contributed by atoms with Gasteiger partial charge in [-0.15, -0.1) is 0 Å². The highest BCUT2D eigenvalue weighted by atomic mass is 19.4. The van der Waals surface area contributed by atoms with Gasteiger partial charge in [-0.1, -0.05) is 25.1 Å². The summed E-state index contributed by atoms with van der Waals surface area (Å²) in [7, 11) is 0. The molecule has 0 radical (unpaired) electrons. The molecular formula is C13H19F3N2. The van der Waals surface area contributed by atoms with E-state index in [1.807, 2.05) is 25.1 Å². The maximum Gasteiger partial charge on any atom is 0.401 e. The number of anilines is 1. The van der Waals surface area contributed by atoms with E-state index in [0.717, 1.165) is 5.56 Å². The Morgan fingerprint density at radius 2 is 1.83 bits per heavy atom. The molecule has 5 heteroatoms. The average molecular weight is 260 g/mol. The van der Waals surface area contributed by atoms with Gasteiger partial charge >= 0.3 is 6.18 Å². The number of alkyl halides is 3. The number of nitrogens with zero attached hydrogens (tertiary/aromatic N) is 1. The quantitative estimate of drug-likeness (QED) is 0.796. The lowest BCUT2D eigenvalue weighted by molar-refractivity contribution is -0.145. The van der Waals surface area contributed by atoms with Gasteiger partial charge in [0, 0.05) is 12.2 Å². The topological polar surface area (TPSA) is 29.3 Å². The molecular weight excluding hydrogens is 241 g/mol. The smallest absolute Gasteiger partial charge is 0.399 e. The highest BCUT2D eigenvalue weighted by Crippen LogP contribution is 2.18. The minimum Gasteiger partial charge on any atom is -0.399 e. The van der Waals surface area contributed by atoms with Crippen LogP contribution in [0.2, 0.25) is 0 Å². The van der Waals surface area contributed by atoms with Gasteiger partial charge in [-0.3, -0.25) is 4.90 Å². The van der Waals surface area contributed by atoms with E-state index in [4.69, 9.17) is 5.73 Å². The van der Waals surface area contributed by atoms with E-state index in [-0.39, 0.29) is 0 Å². The molecule has 0 heterocycles. The second-order valence-corrected chi connectivity index (χ2v) is 4.34. The van der Waals surface area contributed by atoms with Crippen LogP contribution in [-0.2, 0) is 6.42 Å². The Bertz CT molecular complexity index is 363. The maximum atomic E-state index is 12.4. The van der Waals surface area contributed by atoms with Gasteiger partial charge in [-0.05, 0) is 31.0 Å². The molecule has 18 heavy (non-hydrogen) atoms. The third-order valence-corrected chi connectivity index (χ3v) is 2.70. The summed E-state index contributed by atoms with van der Waals surface area (Å²) in [6, 6.07) is 7.29. The first-order chi connectivity index (χ1) is 8.42. The van der Waals surface area contributed by atoms with Gasteiger partial charge in [0.1, 0.15) is 0 Å². The molecule has 1 aromatic carbocycles. The third kappa shape index (κ3) is 5.40. The van der Waals surface area contributed by atoms with Crippen molar-refractivity contribution in [3.63, 3.8) is 0 Å². The summed E-state index contributed by atoms with van der Waals surface area (Å²) in [5.41, 5.74) is 7.31. The fourth-order valence-corrected chi connectivity index (χ4v) is 1.88. The Kier molecular flexibility index (Phi) is 5.47. The Morgan fingerprint density at radius 3 is 2.39 bits per heavy atom. The highest BCUT2D eigenvalue weighted by molar-refractivity contribution is 5.46. The SMILES string of the molecule is CCCN(CCc1ccccc1N)CC(F)(F)F. The van der Waals surface area contributed by atoms with Crippen molar-refractivity contribution >= 4 is 5.69 Å². The molecule has 2 N–H and O–H groups in total. The van der Waals surface area contributed by atoms with Crippen molar-refractivity contribution in [3.05, 3.63) is 29.8 Å². The van der Waals surface area contributed by atoms with Crippen molar-refractivity contribution in [2.24, 2.45) is 0 Å². The molecule has 0 fully saturated rings. The Balaban J connectivity index is 2.54. The van der Waals surface area contributed by atoms with Crippen LogP contribution in [0.3, 0.4) is 0 Å². The van der Waals surface area contributed by atoms with Crippen LogP contribution in [0.5, 0.6) is 0 Å². The molecule has 0 aromatic heterocycles. The minimum absolute atomic E-state index is 0.377. The zero-order chi connectivity index (χ0) is 13.6. The van der Waals surface area contributed by atoms with Gasteiger partial charge < -0.3 is 5.73 Å². The van der Waals surface area contributed by atoms with E-state index in [9.17, 15) is 13.2 Å². The fourth-order valence-electron chi connectivity index (χ4n) is 1.88. The molecule has 0 bridgehead atoms. The lowest BCUT2D eigenvalue weighted by Gasteiger charge is -2.23. The molecule has 0 unspecified atom stereocenters. The summed E-state index contributed by atoms with van der Waals surface area (Å²) in [4.78, 5) is 1.42. The summed E-state index contributed by atoms with van der Waals surface area (Å²) >= 11 is 0. The number of para-hydroxylation sites is 1.